The second-order valence-corrected chi connectivity index (χ2v) is 8.49. The molecule has 0 aliphatic carbocycles. The molecule has 0 saturated carbocycles. The van der Waals surface area contributed by atoms with E-state index >= 15 is 0 Å². The normalized spacial score (nSPS) is 11.1. The average molecular weight is 405 g/mol. The first-order chi connectivity index (χ1) is 12.8. The lowest BCUT2D eigenvalue weighted by atomic mass is 10.2. The Morgan fingerprint density at radius 3 is 2.56 bits per heavy atom. The van der Waals surface area contributed by atoms with Crippen LogP contribution in [0, 0.1) is 0 Å². The van der Waals surface area contributed by atoms with Crippen molar-refractivity contribution in [2.75, 3.05) is 11.8 Å². The predicted octanol–water partition coefficient (Wildman–Crippen LogP) is 3.63. The van der Waals surface area contributed by atoms with Gasteiger partial charge in [-0.05, 0) is 48.0 Å². The Bertz CT molecular complexity index is 1100. The first-order valence-corrected chi connectivity index (χ1v) is 9.93. The van der Waals surface area contributed by atoms with Gasteiger partial charge < -0.3 is 14.9 Å². The summed E-state index contributed by atoms with van der Waals surface area (Å²) in [6, 6.07) is 13.5. The standard InChI is InChI=1S/C18H15NO6S2/c1-25-15-10-12(18(21)22)5-6-14(15)19-27(23,24)17-8-7-16(26-17)11-3-2-4-13(20)9-11/h2-10,19-20H,1H3,(H,21,22). The van der Waals surface area contributed by atoms with Gasteiger partial charge in [0.2, 0.25) is 0 Å². The number of aromatic carboxylic acids is 1. The van der Waals surface area contributed by atoms with Crippen LogP contribution in [-0.2, 0) is 10.0 Å². The number of hydrogen-bond acceptors (Lipinski definition) is 6. The number of phenolic OH excluding ortho intramolecular Hbond substituents is 1. The summed E-state index contributed by atoms with van der Waals surface area (Å²) in [4.78, 5) is 11.7. The Hall–Kier alpha value is -3.04. The van der Waals surface area contributed by atoms with Crippen LogP contribution in [0.1, 0.15) is 10.4 Å². The van der Waals surface area contributed by atoms with Crippen LogP contribution in [0.2, 0.25) is 0 Å². The molecule has 0 bridgehead atoms. The highest BCUT2D eigenvalue weighted by Gasteiger charge is 2.20. The van der Waals surface area contributed by atoms with Gasteiger partial charge in [0.25, 0.3) is 10.0 Å². The molecule has 0 radical (unpaired) electrons. The molecule has 0 saturated heterocycles. The fraction of sp³-hybridized carbons (Fsp3) is 0.0556. The summed E-state index contributed by atoms with van der Waals surface area (Å²) >= 11 is 1.05. The number of anilines is 1. The van der Waals surface area contributed by atoms with Gasteiger partial charge in [-0.25, -0.2) is 13.2 Å². The Balaban J connectivity index is 1.91. The number of methoxy groups -OCH3 is 1. The minimum Gasteiger partial charge on any atom is -0.508 e. The first kappa shape index (κ1) is 18.7. The Morgan fingerprint density at radius 2 is 1.89 bits per heavy atom. The molecule has 27 heavy (non-hydrogen) atoms. The number of hydrogen-bond donors (Lipinski definition) is 3. The topological polar surface area (TPSA) is 113 Å². The summed E-state index contributed by atoms with van der Waals surface area (Å²) in [5.41, 5.74) is 0.816. The van der Waals surface area contributed by atoms with Crippen molar-refractivity contribution >= 4 is 33.0 Å². The highest BCUT2D eigenvalue weighted by molar-refractivity contribution is 7.94. The van der Waals surface area contributed by atoms with Crippen molar-refractivity contribution in [3.8, 4) is 21.9 Å². The molecule has 9 heteroatoms. The van der Waals surface area contributed by atoms with Crippen LogP contribution in [0.4, 0.5) is 5.69 Å². The lowest BCUT2D eigenvalue weighted by Gasteiger charge is -2.11. The summed E-state index contributed by atoms with van der Waals surface area (Å²) in [7, 11) is -2.57. The minimum atomic E-state index is -3.90. The van der Waals surface area contributed by atoms with E-state index in [1.54, 1.807) is 24.3 Å². The molecule has 0 amide bonds. The lowest BCUT2D eigenvalue weighted by molar-refractivity contribution is 0.0696. The van der Waals surface area contributed by atoms with Crippen LogP contribution in [0.25, 0.3) is 10.4 Å². The molecule has 0 spiro atoms. The molecule has 3 N–H and O–H groups in total. The number of carboxylic acid groups (broad SMARTS) is 1. The summed E-state index contributed by atoms with van der Waals surface area (Å²) in [6.45, 7) is 0. The zero-order valence-electron chi connectivity index (χ0n) is 14.0. The van der Waals surface area contributed by atoms with E-state index < -0.39 is 16.0 Å². The van der Waals surface area contributed by atoms with Crippen LogP contribution in [-0.4, -0.2) is 31.7 Å². The molecule has 0 atom stereocenters. The van der Waals surface area contributed by atoms with E-state index in [1.165, 1.54) is 37.4 Å². The maximum absolute atomic E-state index is 12.7. The van der Waals surface area contributed by atoms with Crippen LogP contribution in [0.3, 0.4) is 0 Å². The van der Waals surface area contributed by atoms with Crippen LogP contribution >= 0.6 is 11.3 Å². The lowest BCUT2D eigenvalue weighted by Crippen LogP contribution is -2.12. The zero-order chi connectivity index (χ0) is 19.6. The van der Waals surface area contributed by atoms with E-state index in [4.69, 9.17) is 9.84 Å². The third-order valence-electron chi connectivity index (χ3n) is 3.67. The maximum atomic E-state index is 12.7. The number of ether oxygens (including phenoxy) is 1. The molecule has 1 heterocycles. The van der Waals surface area contributed by atoms with Crippen molar-refractivity contribution in [3.63, 3.8) is 0 Å². The van der Waals surface area contributed by atoms with E-state index in [2.05, 4.69) is 4.72 Å². The van der Waals surface area contributed by atoms with E-state index in [9.17, 15) is 18.3 Å². The molecule has 3 aromatic rings. The highest BCUT2D eigenvalue weighted by atomic mass is 32.2. The first-order valence-electron chi connectivity index (χ1n) is 7.63. The van der Waals surface area contributed by atoms with Gasteiger partial charge in [-0.1, -0.05) is 12.1 Å². The molecule has 2 aromatic carbocycles. The number of nitrogens with one attached hydrogen (secondary N) is 1. The van der Waals surface area contributed by atoms with Crippen molar-refractivity contribution in [2.45, 2.75) is 4.21 Å². The third-order valence-corrected chi connectivity index (χ3v) is 6.66. The van der Waals surface area contributed by atoms with Gasteiger partial charge in [0.15, 0.2) is 0 Å². The van der Waals surface area contributed by atoms with Gasteiger partial charge in [0.05, 0.1) is 18.4 Å². The zero-order valence-corrected chi connectivity index (χ0v) is 15.7. The Morgan fingerprint density at radius 1 is 1.11 bits per heavy atom. The Kier molecular flexibility index (Phi) is 5.06. The molecule has 3 rings (SSSR count). The number of thiophene rings is 1. The molecule has 0 aliphatic heterocycles. The van der Waals surface area contributed by atoms with E-state index in [0.717, 1.165) is 11.3 Å². The summed E-state index contributed by atoms with van der Waals surface area (Å²) in [5, 5.41) is 18.6. The van der Waals surface area contributed by atoms with Crippen molar-refractivity contribution in [1.82, 2.24) is 0 Å². The molecule has 0 aliphatic rings. The second kappa shape index (κ2) is 7.29. The molecule has 0 fully saturated rings. The largest absolute Gasteiger partial charge is 0.508 e. The molecule has 7 nitrogen and oxygen atoms in total. The SMILES string of the molecule is COc1cc(C(=O)O)ccc1NS(=O)(=O)c1ccc(-c2cccc(O)c2)s1. The summed E-state index contributed by atoms with van der Waals surface area (Å²) in [5.74, 6) is -0.952. The number of carbonyl (C=O) groups is 1. The highest BCUT2D eigenvalue weighted by Crippen LogP contribution is 2.34. The molecular weight excluding hydrogens is 390 g/mol. The smallest absolute Gasteiger partial charge is 0.335 e. The second-order valence-electron chi connectivity index (χ2n) is 5.49. The molecule has 140 valence electrons. The van der Waals surface area contributed by atoms with Gasteiger partial charge in [-0.3, -0.25) is 4.72 Å². The van der Waals surface area contributed by atoms with Gasteiger partial charge in [-0.15, -0.1) is 11.3 Å². The van der Waals surface area contributed by atoms with E-state index in [-0.39, 0.29) is 27.0 Å². The van der Waals surface area contributed by atoms with Crippen molar-refractivity contribution in [2.24, 2.45) is 0 Å². The van der Waals surface area contributed by atoms with Gasteiger partial charge >= 0.3 is 5.97 Å². The number of aromatic hydroxyl groups is 1. The van der Waals surface area contributed by atoms with Crippen LogP contribution in [0.5, 0.6) is 11.5 Å². The van der Waals surface area contributed by atoms with Crippen molar-refractivity contribution < 1.29 is 28.2 Å². The van der Waals surface area contributed by atoms with Gasteiger partial charge in [0, 0.05) is 4.88 Å². The van der Waals surface area contributed by atoms with Gasteiger partial charge in [0.1, 0.15) is 15.7 Å². The van der Waals surface area contributed by atoms with Crippen LogP contribution < -0.4 is 9.46 Å². The monoisotopic (exact) mass is 405 g/mol. The van der Waals surface area contributed by atoms with E-state index in [1.807, 2.05) is 0 Å². The minimum absolute atomic E-state index is 0.0166. The molecular formula is C18H15NO6S2. The third kappa shape index (κ3) is 4.04. The number of benzene rings is 2. The fourth-order valence-electron chi connectivity index (χ4n) is 2.38. The van der Waals surface area contributed by atoms with Crippen molar-refractivity contribution in [3.05, 3.63) is 60.2 Å². The van der Waals surface area contributed by atoms with Crippen molar-refractivity contribution in [1.29, 1.82) is 0 Å². The Labute approximate surface area is 159 Å². The summed E-state index contributed by atoms with van der Waals surface area (Å²) in [6.07, 6.45) is 0. The van der Waals surface area contributed by atoms with Gasteiger partial charge in [-0.2, -0.15) is 0 Å². The number of sulfonamides is 1. The van der Waals surface area contributed by atoms with Crippen LogP contribution in [0.15, 0.2) is 58.8 Å². The number of carboxylic acids is 1. The molecule has 1 aromatic heterocycles. The number of phenols is 1. The average Bonchev–Trinajstić information content (AvgIpc) is 3.13. The fourth-order valence-corrected chi connectivity index (χ4v) is 4.76. The number of rotatable bonds is 6. The predicted molar refractivity (Wildman–Crippen MR) is 102 cm³/mol. The maximum Gasteiger partial charge on any atom is 0.335 e. The van der Waals surface area contributed by atoms with E-state index in [0.29, 0.717) is 10.4 Å². The summed E-state index contributed by atoms with van der Waals surface area (Å²) < 4.78 is 32.9. The molecule has 0 unspecified atom stereocenters. The quantitative estimate of drug-likeness (QED) is 0.577.